The number of carbonyl (C=O) groups is 1. The molecule has 1 aromatic heterocycles. The van der Waals surface area contributed by atoms with Crippen LogP contribution in [0.1, 0.15) is 29.7 Å². The van der Waals surface area contributed by atoms with Crippen LogP contribution in [-0.4, -0.2) is 41.0 Å². The number of furan rings is 1. The van der Waals surface area contributed by atoms with Crippen molar-refractivity contribution in [3.63, 3.8) is 0 Å². The van der Waals surface area contributed by atoms with Gasteiger partial charge in [0.05, 0.1) is 19.9 Å². The Morgan fingerprint density at radius 2 is 2.07 bits per heavy atom. The molecule has 0 aliphatic carbocycles. The topological polar surface area (TPSA) is 58.0 Å². The minimum absolute atomic E-state index is 0.154. The Kier molecular flexibility index (Phi) is 5.45. The van der Waals surface area contributed by atoms with Crippen molar-refractivity contribution in [1.29, 1.82) is 0 Å². The van der Waals surface area contributed by atoms with Crippen molar-refractivity contribution in [1.82, 2.24) is 15.1 Å². The molecule has 7 heteroatoms. The first kappa shape index (κ1) is 18.7. The van der Waals surface area contributed by atoms with E-state index in [1.165, 1.54) is 17.7 Å². The summed E-state index contributed by atoms with van der Waals surface area (Å²) in [7, 11) is 1.69. The Balaban J connectivity index is 1.54. The molecular formula is C21H23N3O3S. The summed E-state index contributed by atoms with van der Waals surface area (Å²) in [5.41, 5.74) is 2.53. The van der Waals surface area contributed by atoms with E-state index in [-0.39, 0.29) is 5.91 Å². The third kappa shape index (κ3) is 3.95. The van der Waals surface area contributed by atoms with Crippen molar-refractivity contribution in [3.8, 4) is 5.75 Å². The zero-order valence-electron chi connectivity index (χ0n) is 15.8. The predicted octanol–water partition coefficient (Wildman–Crippen LogP) is 3.14. The van der Waals surface area contributed by atoms with Crippen LogP contribution in [0.4, 0.5) is 0 Å². The van der Waals surface area contributed by atoms with Crippen LogP contribution in [0.15, 0.2) is 46.7 Å². The van der Waals surface area contributed by atoms with Gasteiger partial charge in [0.2, 0.25) is 0 Å². The Morgan fingerprint density at radius 1 is 1.25 bits per heavy atom. The molecule has 146 valence electrons. The predicted molar refractivity (Wildman–Crippen MR) is 110 cm³/mol. The maximum atomic E-state index is 12.8. The Bertz CT molecular complexity index is 902. The van der Waals surface area contributed by atoms with Gasteiger partial charge >= 0.3 is 0 Å². The van der Waals surface area contributed by atoms with E-state index in [4.69, 9.17) is 21.4 Å². The van der Waals surface area contributed by atoms with E-state index in [0.717, 1.165) is 36.5 Å². The van der Waals surface area contributed by atoms with Crippen LogP contribution >= 0.6 is 12.2 Å². The second kappa shape index (κ2) is 8.16. The summed E-state index contributed by atoms with van der Waals surface area (Å²) in [6.45, 7) is 3.40. The molecule has 0 spiro atoms. The molecule has 0 unspecified atom stereocenters. The Labute approximate surface area is 169 Å². The van der Waals surface area contributed by atoms with Crippen LogP contribution in [0, 0.1) is 0 Å². The van der Waals surface area contributed by atoms with E-state index in [1.807, 2.05) is 24.3 Å². The van der Waals surface area contributed by atoms with Crippen LogP contribution in [0.25, 0.3) is 6.08 Å². The molecule has 28 heavy (non-hydrogen) atoms. The molecule has 2 aromatic rings. The van der Waals surface area contributed by atoms with E-state index in [1.54, 1.807) is 19.4 Å². The highest BCUT2D eigenvalue weighted by Crippen LogP contribution is 2.25. The molecule has 1 N–H and O–H groups in total. The van der Waals surface area contributed by atoms with Crippen LogP contribution in [-0.2, 0) is 17.9 Å². The summed E-state index contributed by atoms with van der Waals surface area (Å²) in [5.74, 6) is 1.41. The number of amides is 1. The molecule has 2 aliphatic rings. The summed E-state index contributed by atoms with van der Waals surface area (Å²) in [6, 6.07) is 9.61. The third-order valence-electron chi connectivity index (χ3n) is 5.06. The lowest BCUT2D eigenvalue weighted by atomic mass is 10.1. The first-order valence-corrected chi connectivity index (χ1v) is 9.81. The van der Waals surface area contributed by atoms with Crippen molar-refractivity contribution < 1.29 is 13.9 Å². The summed E-state index contributed by atoms with van der Waals surface area (Å²) < 4.78 is 10.9. The Morgan fingerprint density at radius 3 is 2.79 bits per heavy atom. The maximum absolute atomic E-state index is 12.8. The number of nitrogens with one attached hydrogen (secondary N) is 1. The quantitative estimate of drug-likeness (QED) is 0.597. The molecule has 3 heterocycles. The van der Waals surface area contributed by atoms with Gasteiger partial charge in [-0.3, -0.25) is 14.6 Å². The molecule has 1 aromatic carbocycles. The van der Waals surface area contributed by atoms with Gasteiger partial charge in [-0.15, -0.1) is 0 Å². The number of carbonyl (C=O) groups excluding carboxylic acids is 1. The van der Waals surface area contributed by atoms with Gasteiger partial charge in [-0.1, -0.05) is 6.07 Å². The third-order valence-corrected chi connectivity index (χ3v) is 5.39. The number of nitrogens with zero attached hydrogens (tertiary/aromatic N) is 2. The largest absolute Gasteiger partial charge is 0.496 e. The van der Waals surface area contributed by atoms with Gasteiger partial charge in [0, 0.05) is 12.1 Å². The molecule has 2 fully saturated rings. The Hall–Kier alpha value is -2.64. The first-order valence-electron chi connectivity index (χ1n) is 9.40. The molecule has 0 bridgehead atoms. The highest BCUT2D eigenvalue weighted by atomic mass is 32.1. The fourth-order valence-corrected chi connectivity index (χ4v) is 3.89. The standard InChI is InChI=1S/C21H23N3O3S/c1-26-19-7-6-15(11-16(19)13-23-8-2-3-9-23)12-18-20(25)24(21(28)22-18)14-17-5-4-10-27-17/h4-7,10-12H,2-3,8-9,13-14H2,1H3,(H,22,28)/b18-12+. The van der Waals surface area contributed by atoms with Crippen LogP contribution in [0.5, 0.6) is 5.75 Å². The van der Waals surface area contributed by atoms with Crippen molar-refractivity contribution in [2.45, 2.75) is 25.9 Å². The molecule has 0 radical (unpaired) electrons. The fourth-order valence-electron chi connectivity index (χ4n) is 3.63. The van der Waals surface area contributed by atoms with E-state index < -0.39 is 0 Å². The number of hydrogen-bond donors (Lipinski definition) is 1. The van der Waals surface area contributed by atoms with Gasteiger partial charge in [-0.05, 0) is 74.1 Å². The van der Waals surface area contributed by atoms with Crippen LogP contribution < -0.4 is 10.1 Å². The summed E-state index contributed by atoms with van der Waals surface area (Å²) in [6.07, 6.45) is 5.91. The lowest BCUT2D eigenvalue weighted by Gasteiger charge is -2.17. The van der Waals surface area contributed by atoms with Gasteiger partial charge in [-0.25, -0.2) is 0 Å². The smallest absolute Gasteiger partial charge is 0.276 e. The average Bonchev–Trinajstić information content (AvgIpc) is 3.43. The lowest BCUT2D eigenvalue weighted by Crippen LogP contribution is -2.29. The van der Waals surface area contributed by atoms with E-state index >= 15 is 0 Å². The van der Waals surface area contributed by atoms with E-state index in [0.29, 0.717) is 23.1 Å². The normalized spacial score (nSPS) is 18.9. The van der Waals surface area contributed by atoms with Gasteiger partial charge < -0.3 is 14.5 Å². The molecule has 1 amide bonds. The monoisotopic (exact) mass is 397 g/mol. The van der Waals surface area contributed by atoms with Gasteiger partial charge in [-0.2, -0.15) is 0 Å². The van der Waals surface area contributed by atoms with Crippen molar-refractivity contribution in [3.05, 3.63) is 59.2 Å². The number of hydrogen-bond acceptors (Lipinski definition) is 5. The zero-order valence-corrected chi connectivity index (χ0v) is 16.6. The summed E-state index contributed by atoms with van der Waals surface area (Å²) in [4.78, 5) is 16.7. The molecule has 0 saturated carbocycles. The summed E-state index contributed by atoms with van der Waals surface area (Å²) in [5, 5.41) is 3.41. The average molecular weight is 398 g/mol. The number of benzene rings is 1. The molecule has 4 rings (SSSR count). The van der Waals surface area contributed by atoms with E-state index in [2.05, 4.69) is 16.3 Å². The van der Waals surface area contributed by atoms with Crippen molar-refractivity contribution >= 4 is 29.3 Å². The highest BCUT2D eigenvalue weighted by molar-refractivity contribution is 7.80. The van der Waals surface area contributed by atoms with Gasteiger partial charge in [0.15, 0.2) is 5.11 Å². The number of thiocarbonyl (C=S) groups is 1. The summed E-state index contributed by atoms with van der Waals surface area (Å²) >= 11 is 5.33. The fraction of sp³-hybridized carbons (Fsp3) is 0.333. The lowest BCUT2D eigenvalue weighted by molar-refractivity contribution is -0.122. The highest BCUT2D eigenvalue weighted by Gasteiger charge is 2.31. The number of ether oxygens (including phenoxy) is 1. The first-order chi connectivity index (χ1) is 13.6. The molecule has 2 aliphatic heterocycles. The maximum Gasteiger partial charge on any atom is 0.276 e. The minimum atomic E-state index is -0.154. The SMILES string of the molecule is COc1ccc(/C=C2/NC(=S)N(Cc3ccco3)C2=O)cc1CN1CCCC1. The zero-order chi connectivity index (χ0) is 19.5. The minimum Gasteiger partial charge on any atom is -0.496 e. The van der Waals surface area contributed by atoms with Crippen LogP contribution in [0.3, 0.4) is 0 Å². The van der Waals surface area contributed by atoms with Crippen molar-refractivity contribution in [2.75, 3.05) is 20.2 Å². The van der Waals surface area contributed by atoms with Crippen LogP contribution in [0.2, 0.25) is 0 Å². The van der Waals surface area contributed by atoms with Gasteiger partial charge in [0.25, 0.3) is 5.91 Å². The molecular weight excluding hydrogens is 374 g/mol. The number of methoxy groups -OCH3 is 1. The number of rotatable bonds is 6. The second-order valence-corrected chi connectivity index (χ2v) is 7.40. The van der Waals surface area contributed by atoms with Crippen molar-refractivity contribution in [2.24, 2.45) is 0 Å². The molecule has 6 nitrogen and oxygen atoms in total. The van der Waals surface area contributed by atoms with E-state index in [9.17, 15) is 4.79 Å². The second-order valence-electron chi connectivity index (χ2n) is 7.01. The molecule has 0 atom stereocenters. The number of likely N-dealkylation sites (tertiary alicyclic amines) is 1. The molecule has 2 saturated heterocycles. The van der Waals surface area contributed by atoms with Gasteiger partial charge in [0.1, 0.15) is 17.2 Å².